The number of aromatic nitrogens is 2. The fourth-order valence-corrected chi connectivity index (χ4v) is 2.86. The number of aliphatic hydroxyl groups is 1. The van der Waals surface area contributed by atoms with Crippen LogP contribution in [0.25, 0.3) is 16.9 Å². The van der Waals surface area contributed by atoms with E-state index in [0.717, 1.165) is 28.9 Å². The van der Waals surface area contributed by atoms with Gasteiger partial charge in [-0.1, -0.05) is 50.5 Å². The predicted octanol–water partition coefficient (Wildman–Crippen LogP) is 4.62. The maximum atomic E-state index is 9.22. The molecule has 0 radical (unpaired) electrons. The summed E-state index contributed by atoms with van der Waals surface area (Å²) in [6, 6.07) is 12.6. The Kier molecular flexibility index (Phi) is 5.09. The lowest BCUT2D eigenvalue weighted by atomic mass is 10.0. The summed E-state index contributed by atoms with van der Waals surface area (Å²) in [6.07, 6.45) is 10.3. The molecule has 0 aliphatic heterocycles. The molecule has 0 bridgehead atoms. The molecule has 0 aliphatic rings. The Bertz CT molecular complexity index is 759. The molecule has 120 valence electrons. The molecule has 2 aromatic heterocycles. The topological polar surface area (TPSA) is 37.5 Å². The van der Waals surface area contributed by atoms with E-state index in [1.807, 2.05) is 28.9 Å². The average molecular weight is 308 g/mol. The zero-order valence-corrected chi connectivity index (χ0v) is 13.7. The minimum Gasteiger partial charge on any atom is -0.392 e. The smallest absolute Gasteiger partial charge is 0.137 e. The van der Waals surface area contributed by atoms with Gasteiger partial charge in [-0.2, -0.15) is 0 Å². The van der Waals surface area contributed by atoms with Gasteiger partial charge in [0.05, 0.1) is 12.3 Å². The van der Waals surface area contributed by atoms with Crippen LogP contribution in [0.4, 0.5) is 0 Å². The van der Waals surface area contributed by atoms with Crippen LogP contribution in [0.15, 0.2) is 48.8 Å². The lowest BCUT2D eigenvalue weighted by Crippen LogP contribution is -1.87. The summed E-state index contributed by atoms with van der Waals surface area (Å²) in [5.74, 6) is 0. The molecule has 1 aromatic carbocycles. The van der Waals surface area contributed by atoms with Gasteiger partial charge in [0.1, 0.15) is 5.65 Å². The van der Waals surface area contributed by atoms with Crippen molar-refractivity contribution in [2.24, 2.45) is 0 Å². The minimum absolute atomic E-state index is 0.0470. The second kappa shape index (κ2) is 7.42. The number of unbranched alkanes of at least 4 members (excludes halogenated alkanes) is 3. The van der Waals surface area contributed by atoms with Gasteiger partial charge in [0.2, 0.25) is 0 Å². The highest BCUT2D eigenvalue weighted by Gasteiger charge is 2.05. The molecule has 0 spiro atoms. The third kappa shape index (κ3) is 3.80. The second-order valence-electron chi connectivity index (χ2n) is 6.09. The van der Waals surface area contributed by atoms with E-state index >= 15 is 0 Å². The third-order valence-corrected chi connectivity index (χ3v) is 4.28. The SMILES string of the molecule is CCCCCCc1ccc(-c2cn3ccc(CO)cc3n2)cc1. The molecule has 3 rings (SSSR count). The number of aryl methyl sites for hydroxylation is 1. The summed E-state index contributed by atoms with van der Waals surface area (Å²) in [6.45, 7) is 2.29. The van der Waals surface area contributed by atoms with Crippen LogP contribution in [0.3, 0.4) is 0 Å². The molecule has 3 nitrogen and oxygen atoms in total. The first kappa shape index (κ1) is 15.8. The molecule has 0 amide bonds. The van der Waals surface area contributed by atoms with Gasteiger partial charge < -0.3 is 9.51 Å². The Morgan fingerprint density at radius 3 is 2.57 bits per heavy atom. The van der Waals surface area contributed by atoms with Crippen molar-refractivity contribution in [1.82, 2.24) is 9.38 Å². The van der Waals surface area contributed by atoms with Crippen molar-refractivity contribution in [3.63, 3.8) is 0 Å². The van der Waals surface area contributed by atoms with E-state index in [9.17, 15) is 5.11 Å². The first-order valence-corrected chi connectivity index (χ1v) is 8.48. The molecule has 23 heavy (non-hydrogen) atoms. The molecular formula is C20H24N2O. The first-order valence-electron chi connectivity index (χ1n) is 8.48. The summed E-state index contributed by atoms with van der Waals surface area (Å²) in [4.78, 5) is 4.66. The van der Waals surface area contributed by atoms with Gasteiger partial charge in [-0.3, -0.25) is 0 Å². The number of nitrogens with zero attached hydrogens (tertiary/aromatic N) is 2. The second-order valence-corrected chi connectivity index (χ2v) is 6.09. The molecule has 2 heterocycles. The Hall–Kier alpha value is -2.13. The highest BCUT2D eigenvalue weighted by molar-refractivity contribution is 5.63. The van der Waals surface area contributed by atoms with Crippen molar-refractivity contribution in [3.8, 4) is 11.3 Å². The summed E-state index contributed by atoms with van der Waals surface area (Å²) in [5, 5.41) is 9.22. The molecule has 0 saturated carbocycles. The lowest BCUT2D eigenvalue weighted by Gasteiger charge is -2.02. The molecule has 3 aromatic rings. The lowest BCUT2D eigenvalue weighted by molar-refractivity contribution is 0.282. The number of pyridine rings is 1. The molecule has 3 heteroatoms. The Balaban J connectivity index is 1.73. The summed E-state index contributed by atoms with van der Waals surface area (Å²) < 4.78 is 1.99. The third-order valence-electron chi connectivity index (χ3n) is 4.28. The molecule has 0 aliphatic carbocycles. The van der Waals surface area contributed by atoms with Crippen molar-refractivity contribution in [3.05, 3.63) is 59.9 Å². The molecule has 0 fully saturated rings. The Labute approximate surface area is 137 Å². The molecular weight excluding hydrogens is 284 g/mol. The maximum Gasteiger partial charge on any atom is 0.137 e. The van der Waals surface area contributed by atoms with E-state index in [-0.39, 0.29) is 6.61 Å². The number of hydrogen-bond donors (Lipinski definition) is 1. The van der Waals surface area contributed by atoms with Gasteiger partial charge in [-0.15, -0.1) is 0 Å². The minimum atomic E-state index is 0.0470. The summed E-state index contributed by atoms with van der Waals surface area (Å²) in [5.41, 5.74) is 5.26. The van der Waals surface area contributed by atoms with Crippen LogP contribution in [0.5, 0.6) is 0 Å². The van der Waals surface area contributed by atoms with E-state index in [4.69, 9.17) is 0 Å². The van der Waals surface area contributed by atoms with Gasteiger partial charge in [0, 0.05) is 18.0 Å². The fourth-order valence-electron chi connectivity index (χ4n) is 2.86. The molecule has 0 atom stereocenters. The van der Waals surface area contributed by atoms with Crippen LogP contribution in [-0.4, -0.2) is 14.5 Å². The standard InChI is InChI=1S/C20H24N2O/c1-2-3-4-5-6-16-7-9-18(10-8-16)19-14-22-12-11-17(15-23)13-20(22)21-19/h7-14,23H,2-6,15H2,1H3. The monoisotopic (exact) mass is 308 g/mol. The van der Waals surface area contributed by atoms with Crippen molar-refractivity contribution in [2.75, 3.05) is 0 Å². The van der Waals surface area contributed by atoms with Crippen molar-refractivity contribution in [1.29, 1.82) is 0 Å². The van der Waals surface area contributed by atoms with Crippen LogP contribution in [0.1, 0.15) is 43.7 Å². The van der Waals surface area contributed by atoms with Crippen LogP contribution >= 0.6 is 0 Å². The van der Waals surface area contributed by atoms with E-state index in [0.29, 0.717) is 0 Å². The van der Waals surface area contributed by atoms with Crippen LogP contribution in [0.2, 0.25) is 0 Å². The van der Waals surface area contributed by atoms with E-state index in [2.05, 4.69) is 36.2 Å². The van der Waals surface area contributed by atoms with Crippen molar-refractivity contribution in [2.45, 2.75) is 45.6 Å². The predicted molar refractivity (Wildman–Crippen MR) is 94.4 cm³/mol. The van der Waals surface area contributed by atoms with Crippen LogP contribution in [-0.2, 0) is 13.0 Å². The van der Waals surface area contributed by atoms with Gasteiger partial charge in [-0.25, -0.2) is 4.98 Å². The Morgan fingerprint density at radius 2 is 1.83 bits per heavy atom. The van der Waals surface area contributed by atoms with Crippen molar-refractivity contribution < 1.29 is 5.11 Å². The number of hydrogen-bond acceptors (Lipinski definition) is 2. The van der Waals surface area contributed by atoms with Gasteiger partial charge in [0.15, 0.2) is 0 Å². The van der Waals surface area contributed by atoms with E-state index in [1.54, 1.807) is 0 Å². The molecule has 1 N–H and O–H groups in total. The molecule has 0 saturated heterocycles. The quantitative estimate of drug-likeness (QED) is 0.647. The highest BCUT2D eigenvalue weighted by Crippen LogP contribution is 2.21. The number of fused-ring (bicyclic) bond motifs is 1. The summed E-state index contributed by atoms with van der Waals surface area (Å²) >= 11 is 0. The van der Waals surface area contributed by atoms with E-state index < -0.39 is 0 Å². The van der Waals surface area contributed by atoms with Gasteiger partial charge in [0.25, 0.3) is 0 Å². The van der Waals surface area contributed by atoms with Crippen molar-refractivity contribution >= 4 is 5.65 Å². The largest absolute Gasteiger partial charge is 0.392 e. The van der Waals surface area contributed by atoms with Crippen LogP contribution < -0.4 is 0 Å². The van der Waals surface area contributed by atoms with Gasteiger partial charge >= 0.3 is 0 Å². The van der Waals surface area contributed by atoms with E-state index in [1.165, 1.54) is 31.2 Å². The first-order chi connectivity index (χ1) is 11.3. The normalized spacial score (nSPS) is 11.2. The zero-order chi connectivity index (χ0) is 16.1. The maximum absolute atomic E-state index is 9.22. The molecule has 0 unspecified atom stereocenters. The number of benzene rings is 1. The zero-order valence-electron chi connectivity index (χ0n) is 13.7. The summed E-state index contributed by atoms with van der Waals surface area (Å²) in [7, 11) is 0. The number of imidazole rings is 1. The highest BCUT2D eigenvalue weighted by atomic mass is 16.3. The average Bonchev–Trinajstić information content (AvgIpc) is 3.02. The Morgan fingerprint density at radius 1 is 1.00 bits per heavy atom. The number of aliphatic hydroxyl groups excluding tert-OH is 1. The fraction of sp³-hybridized carbons (Fsp3) is 0.350. The van der Waals surface area contributed by atoms with Gasteiger partial charge in [-0.05, 0) is 36.1 Å². The number of rotatable bonds is 7. The van der Waals surface area contributed by atoms with Crippen LogP contribution in [0, 0.1) is 0 Å².